The molecule has 0 amide bonds. The van der Waals surface area contributed by atoms with Gasteiger partial charge in [-0.15, -0.1) is 0 Å². The lowest BCUT2D eigenvalue weighted by Gasteiger charge is -2.25. The third-order valence-corrected chi connectivity index (χ3v) is 4.36. The lowest BCUT2D eigenvalue weighted by molar-refractivity contribution is 0.288. The zero-order valence-electron chi connectivity index (χ0n) is 12.5. The predicted molar refractivity (Wildman–Crippen MR) is 91.6 cm³/mol. The van der Waals surface area contributed by atoms with Crippen LogP contribution in [-0.2, 0) is 0 Å². The number of rotatable bonds is 5. The van der Waals surface area contributed by atoms with Crippen molar-refractivity contribution in [3.8, 4) is 5.75 Å². The van der Waals surface area contributed by atoms with E-state index in [0.29, 0.717) is 12.6 Å². The van der Waals surface area contributed by atoms with Crippen molar-refractivity contribution in [1.82, 2.24) is 9.97 Å². The zero-order valence-corrected chi connectivity index (χ0v) is 14.1. The molecule has 3 rings (SSSR count). The van der Waals surface area contributed by atoms with Crippen LogP contribution in [-0.4, -0.2) is 36.2 Å². The average molecular weight is 363 g/mol. The first-order chi connectivity index (χ1) is 10.8. The number of benzene rings is 1. The molecule has 6 heteroatoms. The van der Waals surface area contributed by atoms with Gasteiger partial charge in [0.25, 0.3) is 0 Å². The SMILES string of the molecule is CNc1cc(N2CCC[C@H]2COc2ccc(Br)cc2)ncn1. The van der Waals surface area contributed by atoms with Crippen LogP contribution in [0.25, 0.3) is 0 Å². The second-order valence-corrected chi connectivity index (χ2v) is 6.18. The monoisotopic (exact) mass is 362 g/mol. The van der Waals surface area contributed by atoms with Crippen LogP contribution in [0.2, 0.25) is 0 Å². The van der Waals surface area contributed by atoms with Crippen molar-refractivity contribution < 1.29 is 4.74 Å². The molecule has 0 aliphatic carbocycles. The van der Waals surface area contributed by atoms with Gasteiger partial charge in [0.05, 0.1) is 6.04 Å². The smallest absolute Gasteiger partial charge is 0.134 e. The van der Waals surface area contributed by atoms with Gasteiger partial charge in [-0.3, -0.25) is 0 Å². The molecule has 116 valence electrons. The summed E-state index contributed by atoms with van der Waals surface area (Å²) in [5, 5.41) is 3.06. The van der Waals surface area contributed by atoms with E-state index in [1.165, 1.54) is 0 Å². The summed E-state index contributed by atoms with van der Waals surface area (Å²) >= 11 is 3.43. The van der Waals surface area contributed by atoms with Crippen molar-refractivity contribution in [3.63, 3.8) is 0 Å². The van der Waals surface area contributed by atoms with Crippen molar-refractivity contribution in [3.05, 3.63) is 41.1 Å². The molecule has 0 spiro atoms. The van der Waals surface area contributed by atoms with Gasteiger partial charge in [-0.2, -0.15) is 0 Å². The second kappa shape index (κ2) is 6.96. The quantitative estimate of drug-likeness (QED) is 0.883. The molecule has 1 aromatic heterocycles. The zero-order chi connectivity index (χ0) is 15.4. The summed E-state index contributed by atoms with van der Waals surface area (Å²) in [6.07, 6.45) is 3.88. The summed E-state index contributed by atoms with van der Waals surface area (Å²) in [7, 11) is 1.87. The summed E-state index contributed by atoms with van der Waals surface area (Å²) in [5.74, 6) is 2.69. The Balaban J connectivity index is 1.66. The maximum absolute atomic E-state index is 5.93. The van der Waals surface area contributed by atoms with Crippen LogP contribution in [0.5, 0.6) is 5.75 Å². The lowest BCUT2D eigenvalue weighted by atomic mass is 10.2. The van der Waals surface area contributed by atoms with E-state index < -0.39 is 0 Å². The van der Waals surface area contributed by atoms with Crippen LogP contribution in [0.15, 0.2) is 41.1 Å². The van der Waals surface area contributed by atoms with Crippen LogP contribution >= 0.6 is 15.9 Å². The van der Waals surface area contributed by atoms with Gasteiger partial charge in [0.1, 0.15) is 30.3 Å². The van der Waals surface area contributed by atoms with Gasteiger partial charge in [-0.1, -0.05) is 15.9 Å². The predicted octanol–water partition coefficient (Wildman–Crippen LogP) is 3.33. The Kier molecular flexibility index (Phi) is 4.77. The molecule has 0 unspecified atom stereocenters. The maximum Gasteiger partial charge on any atom is 0.134 e. The fourth-order valence-corrected chi connectivity index (χ4v) is 2.94. The second-order valence-electron chi connectivity index (χ2n) is 5.27. The van der Waals surface area contributed by atoms with E-state index in [0.717, 1.165) is 41.2 Å². The number of ether oxygens (including phenoxy) is 1. The molecule has 1 atom stereocenters. The molecule has 5 nitrogen and oxygen atoms in total. The Labute approximate surface area is 138 Å². The number of anilines is 2. The Morgan fingerprint density at radius 1 is 1.32 bits per heavy atom. The number of nitrogens with one attached hydrogen (secondary N) is 1. The minimum atomic E-state index is 0.350. The molecular formula is C16H19BrN4O. The highest BCUT2D eigenvalue weighted by atomic mass is 79.9. The van der Waals surface area contributed by atoms with Crippen molar-refractivity contribution in [2.75, 3.05) is 30.4 Å². The Morgan fingerprint density at radius 3 is 2.91 bits per heavy atom. The first kappa shape index (κ1) is 15.1. The third-order valence-electron chi connectivity index (χ3n) is 3.84. The van der Waals surface area contributed by atoms with Crippen LogP contribution in [0.3, 0.4) is 0 Å². The minimum Gasteiger partial charge on any atom is -0.491 e. The van der Waals surface area contributed by atoms with Crippen molar-refractivity contribution in [1.29, 1.82) is 0 Å². The fraction of sp³-hybridized carbons (Fsp3) is 0.375. The molecule has 2 aromatic rings. The van der Waals surface area contributed by atoms with Gasteiger partial charge in [-0.25, -0.2) is 9.97 Å². The van der Waals surface area contributed by atoms with Crippen LogP contribution in [0, 0.1) is 0 Å². The van der Waals surface area contributed by atoms with Crippen molar-refractivity contribution in [2.45, 2.75) is 18.9 Å². The minimum absolute atomic E-state index is 0.350. The average Bonchev–Trinajstić information content (AvgIpc) is 3.03. The number of hydrogen-bond acceptors (Lipinski definition) is 5. The molecule has 0 bridgehead atoms. The highest BCUT2D eigenvalue weighted by Gasteiger charge is 2.26. The molecule has 1 N–H and O–H groups in total. The maximum atomic E-state index is 5.93. The van der Waals surface area contributed by atoms with Gasteiger partial charge in [0.15, 0.2) is 0 Å². The van der Waals surface area contributed by atoms with E-state index in [1.807, 2.05) is 37.4 Å². The van der Waals surface area contributed by atoms with E-state index >= 15 is 0 Å². The molecule has 1 aliphatic heterocycles. The van der Waals surface area contributed by atoms with Crippen LogP contribution < -0.4 is 15.0 Å². The number of halogens is 1. The van der Waals surface area contributed by atoms with Gasteiger partial charge in [0.2, 0.25) is 0 Å². The Morgan fingerprint density at radius 2 is 2.14 bits per heavy atom. The van der Waals surface area contributed by atoms with E-state index in [1.54, 1.807) is 6.33 Å². The van der Waals surface area contributed by atoms with Gasteiger partial charge in [-0.05, 0) is 37.1 Å². The van der Waals surface area contributed by atoms with Crippen molar-refractivity contribution >= 4 is 27.6 Å². The Bertz CT molecular complexity index is 620. The number of aromatic nitrogens is 2. The van der Waals surface area contributed by atoms with E-state index in [4.69, 9.17) is 4.74 Å². The lowest BCUT2D eigenvalue weighted by Crippen LogP contribution is -2.34. The van der Waals surface area contributed by atoms with E-state index in [9.17, 15) is 0 Å². The summed E-state index contributed by atoms with van der Waals surface area (Å²) in [4.78, 5) is 10.9. The molecular weight excluding hydrogens is 344 g/mol. The first-order valence-corrected chi connectivity index (χ1v) is 8.20. The third kappa shape index (κ3) is 3.50. The molecule has 2 heterocycles. The summed E-state index contributed by atoms with van der Waals surface area (Å²) < 4.78 is 6.99. The summed E-state index contributed by atoms with van der Waals surface area (Å²) in [6.45, 7) is 1.68. The molecule has 0 radical (unpaired) electrons. The summed E-state index contributed by atoms with van der Waals surface area (Å²) in [5.41, 5.74) is 0. The topological polar surface area (TPSA) is 50.3 Å². The van der Waals surface area contributed by atoms with E-state index in [2.05, 4.69) is 36.1 Å². The van der Waals surface area contributed by atoms with Crippen LogP contribution in [0.4, 0.5) is 11.6 Å². The highest BCUT2D eigenvalue weighted by Crippen LogP contribution is 2.26. The van der Waals surface area contributed by atoms with Crippen molar-refractivity contribution in [2.24, 2.45) is 0 Å². The van der Waals surface area contributed by atoms with Crippen LogP contribution in [0.1, 0.15) is 12.8 Å². The fourth-order valence-electron chi connectivity index (χ4n) is 2.67. The van der Waals surface area contributed by atoms with Gasteiger partial charge in [0, 0.05) is 24.1 Å². The van der Waals surface area contributed by atoms with Gasteiger partial charge < -0.3 is 15.0 Å². The molecule has 0 saturated carbocycles. The Hall–Kier alpha value is -1.82. The normalized spacial score (nSPS) is 17.5. The van der Waals surface area contributed by atoms with Gasteiger partial charge >= 0.3 is 0 Å². The standard InChI is InChI=1S/C16H19BrN4O/c1-18-15-9-16(20-11-19-15)21-8-2-3-13(21)10-22-14-6-4-12(17)5-7-14/h4-7,9,11,13H,2-3,8,10H2,1H3,(H,18,19,20)/t13-/m0/s1. The molecule has 1 aromatic carbocycles. The van der Waals surface area contributed by atoms with E-state index in [-0.39, 0.29) is 0 Å². The molecule has 1 saturated heterocycles. The molecule has 1 fully saturated rings. The largest absolute Gasteiger partial charge is 0.491 e. The first-order valence-electron chi connectivity index (χ1n) is 7.41. The highest BCUT2D eigenvalue weighted by molar-refractivity contribution is 9.10. The number of nitrogens with zero attached hydrogens (tertiary/aromatic N) is 3. The summed E-state index contributed by atoms with van der Waals surface area (Å²) in [6, 6.07) is 10.3. The molecule has 22 heavy (non-hydrogen) atoms. The molecule has 1 aliphatic rings. The number of hydrogen-bond donors (Lipinski definition) is 1.